The number of nitrogens with zero attached hydrogens (tertiary/aromatic N) is 2. The molecule has 124 valence electrons. The standard InChI is InChI=1S/C16H27N3O3/c1-3-12(2)14-11-15(22-18-14)16(21)17-7-4-8-19-9-5-13(20)6-10-19/h11-13,20H,3-10H2,1-2H3,(H,17,21). The van der Waals surface area contributed by atoms with Crippen molar-refractivity contribution < 1.29 is 14.4 Å². The first kappa shape index (κ1) is 17.0. The van der Waals surface area contributed by atoms with E-state index in [-0.39, 0.29) is 17.8 Å². The third-order valence-electron chi connectivity index (χ3n) is 4.36. The maximum Gasteiger partial charge on any atom is 0.289 e. The largest absolute Gasteiger partial charge is 0.393 e. The predicted octanol–water partition coefficient (Wildman–Crippen LogP) is 1.76. The SMILES string of the molecule is CCC(C)c1cc(C(=O)NCCCN2CCC(O)CC2)on1. The third kappa shape index (κ3) is 4.81. The molecule has 1 aliphatic heterocycles. The fourth-order valence-electron chi connectivity index (χ4n) is 2.57. The molecule has 0 radical (unpaired) electrons. The maximum atomic E-state index is 12.0. The summed E-state index contributed by atoms with van der Waals surface area (Å²) in [6.45, 7) is 7.59. The molecule has 2 heterocycles. The van der Waals surface area contributed by atoms with E-state index in [2.05, 4.69) is 29.2 Å². The summed E-state index contributed by atoms with van der Waals surface area (Å²) in [7, 11) is 0. The highest BCUT2D eigenvalue weighted by Gasteiger charge is 2.17. The first-order chi connectivity index (χ1) is 10.6. The molecule has 0 spiro atoms. The van der Waals surface area contributed by atoms with Crippen LogP contribution in [-0.4, -0.2) is 53.4 Å². The van der Waals surface area contributed by atoms with Crippen LogP contribution in [0.1, 0.15) is 61.7 Å². The van der Waals surface area contributed by atoms with Crippen molar-refractivity contribution in [2.24, 2.45) is 0 Å². The summed E-state index contributed by atoms with van der Waals surface area (Å²) in [5.74, 6) is 0.396. The van der Waals surface area contributed by atoms with Crippen molar-refractivity contribution in [1.82, 2.24) is 15.4 Å². The van der Waals surface area contributed by atoms with Crippen LogP contribution in [0.5, 0.6) is 0 Å². The normalized spacial score (nSPS) is 18.3. The van der Waals surface area contributed by atoms with Crippen LogP contribution in [0.3, 0.4) is 0 Å². The van der Waals surface area contributed by atoms with Crippen LogP contribution in [0.4, 0.5) is 0 Å². The predicted molar refractivity (Wildman–Crippen MR) is 83.8 cm³/mol. The lowest BCUT2D eigenvalue weighted by atomic mass is 10.1. The summed E-state index contributed by atoms with van der Waals surface area (Å²) in [4.78, 5) is 14.3. The quantitative estimate of drug-likeness (QED) is 0.750. The summed E-state index contributed by atoms with van der Waals surface area (Å²) in [6.07, 6.45) is 3.43. The molecule has 2 rings (SSSR count). The van der Waals surface area contributed by atoms with Crippen LogP contribution < -0.4 is 5.32 Å². The molecule has 1 fully saturated rings. The van der Waals surface area contributed by atoms with Gasteiger partial charge in [0.15, 0.2) is 0 Å². The minimum atomic E-state index is -0.198. The molecule has 1 saturated heterocycles. The minimum Gasteiger partial charge on any atom is -0.393 e. The zero-order chi connectivity index (χ0) is 15.9. The number of nitrogens with one attached hydrogen (secondary N) is 1. The molecule has 0 saturated carbocycles. The van der Waals surface area contributed by atoms with E-state index in [0.29, 0.717) is 12.5 Å². The molecule has 1 atom stereocenters. The monoisotopic (exact) mass is 309 g/mol. The Morgan fingerprint density at radius 3 is 2.95 bits per heavy atom. The maximum absolute atomic E-state index is 12.0. The van der Waals surface area contributed by atoms with Gasteiger partial charge in [0.1, 0.15) is 0 Å². The number of hydrogen-bond acceptors (Lipinski definition) is 5. The molecule has 1 amide bonds. The Morgan fingerprint density at radius 1 is 1.55 bits per heavy atom. The fourth-order valence-corrected chi connectivity index (χ4v) is 2.57. The number of carbonyl (C=O) groups is 1. The van der Waals surface area contributed by atoms with Crippen LogP contribution in [0.15, 0.2) is 10.6 Å². The summed E-state index contributed by atoms with van der Waals surface area (Å²) in [5, 5.41) is 16.3. The number of amides is 1. The van der Waals surface area contributed by atoms with Gasteiger partial charge >= 0.3 is 0 Å². The second-order valence-corrected chi connectivity index (χ2v) is 6.11. The molecule has 22 heavy (non-hydrogen) atoms. The van der Waals surface area contributed by atoms with Gasteiger partial charge in [0.2, 0.25) is 5.76 Å². The van der Waals surface area contributed by atoms with E-state index in [0.717, 1.165) is 51.0 Å². The Hall–Kier alpha value is -1.40. The topological polar surface area (TPSA) is 78.6 Å². The van der Waals surface area contributed by atoms with Crippen LogP contribution >= 0.6 is 0 Å². The summed E-state index contributed by atoms with van der Waals surface area (Å²) < 4.78 is 5.11. The lowest BCUT2D eigenvalue weighted by molar-refractivity contribution is 0.0813. The number of hydrogen-bond donors (Lipinski definition) is 2. The second kappa shape index (κ2) is 8.29. The van der Waals surface area contributed by atoms with Crippen molar-refractivity contribution in [1.29, 1.82) is 0 Å². The van der Waals surface area contributed by atoms with Gasteiger partial charge < -0.3 is 19.8 Å². The molecule has 0 aliphatic carbocycles. The van der Waals surface area contributed by atoms with Gasteiger partial charge in [-0.2, -0.15) is 0 Å². The lowest BCUT2D eigenvalue weighted by Crippen LogP contribution is -2.37. The number of likely N-dealkylation sites (tertiary alicyclic amines) is 1. The number of aliphatic hydroxyl groups excluding tert-OH is 1. The molecule has 1 aliphatic rings. The van der Waals surface area contributed by atoms with Crippen LogP contribution in [0.25, 0.3) is 0 Å². The van der Waals surface area contributed by atoms with Crippen LogP contribution in [0, 0.1) is 0 Å². The lowest BCUT2D eigenvalue weighted by Gasteiger charge is -2.29. The highest BCUT2D eigenvalue weighted by atomic mass is 16.5. The van der Waals surface area contributed by atoms with Crippen LogP contribution in [0.2, 0.25) is 0 Å². The Kier molecular flexibility index (Phi) is 6.39. The molecule has 2 N–H and O–H groups in total. The van der Waals surface area contributed by atoms with E-state index < -0.39 is 0 Å². The zero-order valence-corrected chi connectivity index (χ0v) is 13.5. The zero-order valence-electron chi connectivity index (χ0n) is 13.5. The number of piperidine rings is 1. The molecule has 6 nitrogen and oxygen atoms in total. The second-order valence-electron chi connectivity index (χ2n) is 6.11. The highest BCUT2D eigenvalue weighted by Crippen LogP contribution is 2.18. The summed E-state index contributed by atoms with van der Waals surface area (Å²) >= 11 is 0. The molecule has 6 heteroatoms. The Labute approximate surface area is 131 Å². The van der Waals surface area contributed by atoms with Gasteiger partial charge in [-0.25, -0.2) is 0 Å². The minimum absolute atomic E-state index is 0.137. The van der Waals surface area contributed by atoms with Gasteiger partial charge in [0, 0.05) is 31.6 Å². The highest BCUT2D eigenvalue weighted by molar-refractivity contribution is 5.91. The van der Waals surface area contributed by atoms with E-state index in [4.69, 9.17) is 4.52 Å². The smallest absolute Gasteiger partial charge is 0.289 e. The fraction of sp³-hybridized carbons (Fsp3) is 0.750. The molecule has 0 aromatic carbocycles. The molecule has 1 aromatic heterocycles. The average molecular weight is 309 g/mol. The molecule has 1 aromatic rings. The molecular formula is C16H27N3O3. The number of aromatic nitrogens is 1. The van der Waals surface area contributed by atoms with Crippen molar-refractivity contribution in [3.8, 4) is 0 Å². The molecule has 0 bridgehead atoms. The number of rotatable bonds is 7. The van der Waals surface area contributed by atoms with Gasteiger partial charge in [0.05, 0.1) is 11.8 Å². The number of carbonyl (C=O) groups excluding carboxylic acids is 1. The molecule has 1 unspecified atom stereocenters. The van der Waals surface area contributed by atoms with Crippen molar-refractivity contribution in [3.05, 3.63) is 17.5 Å². The van der Waals surface area contributed by atoms with Gasteiger partial charge in [-0.3, -0.25) is 4.79 Å². The molecular weight excluding hydrogens is 282 g/mol. The van der Waals surface area contributed by atoms with E-state index in [1.807, 2.05) is 0 Å². The Balaban J connectivity index is 1.66. The number of aliphatic hydroxyl groups is 1. The first-order valence-corrected chi connectivity index (χ1v) is 8.25. The Bertz CT molecular complexity index is 467. The van der Waals surface area contributed by atoms with E-state index in [1.165, 1.54) is 0 Å². The van der Waals surface area contributed by atoms with Crippen molar-refractivity contribution in [3.63, 3.8) is 0 Å². The van der Waals surface area contributed by atoms with Gasteiger partial charge in [-0.05, 0) is 32.2 Å². The third-order valence-corrected chi connectivity index (χ3v) is 4.36. The average Bonchev–Trinajstić information content (AvgIpc) is 3.02. The van der Waals surface area contributed by atoms with E-state index >= 15 is 0 Å². The van der Waals surface area contributed by atoms with Crippen molar-refractivity contribution >= 4 is 5.91 Å². The van der Waals surface area contributed by atoms with E-state index in [1.54, 1.807) is 6.07 Å². The summed E-state index contributed by atoms with van der Waals surface area (Å²) in [5.41, 5.74) is 0.833. The van der Waals surface area contributed by atoms with E-state index in [9.17, 15) is 9.90 Å². The van der Waals surface area contributed by atoms with Crippen molar-refractivity contribution in [2.75, 3.05) is 26.2 Å². The summed E-state index contributed by atoms with van der Waals surface area (Å²) in [6, 6.07) is 1.73. The van der Waals surface area contributed by atoms with Crippen molar-refractivity contribution in [2.45, 2.75) is 51.6 Å². The first-order valence-electron chi connectivity index (χ1n) is 8.25. The van der Waals surface area contributed by atoms with Gasteiger partial charge in [-0.1, -0.05) is 19.0 Å². The van der Waals surface area contributed by atoms with Gasteiger partial charge in [-0.15, -0.1) is 0 Å². The van der Waals surface area contributed by atoms with Gasteiger partial charge in [0.25, 0.3) is 5.91 Å². The Morgan fingerprint density at radius 2 is 2.27 bits per heavy atom. The van der Waals surface area contributed by atoms with Crippen LogP contribution in [-0.2, 0) is 0 Å².